The van der Waals surface area contributed by atoms with E-state index in [0.29, 0.717) is 13.0 Å². The SMILES string of the molecule is CCO[C](=[W])C1=C(c2ccccc2)N2C(=O)CCN2[C@H]1c1cccs1.[C-]#[O+].[C-]#[O+].[C-]#[O+].[C-]#[O+].[C-]#[O+]. The molecule has 1 amide bonds. The van der Waals surface area contributed by atoms with Gasteiger partial charge in [0.05, 0.1) is 0 Å². The van der Waals surface area contributed by atoms with Crippen molar-refractivity contribution in [1.82, 2.24) is 10.0 Å². The van der Waals surface area contributed by atoms with E-state index in [-0.39, 0.29) is 11.9 Å². The topological polar surface area (TPSA) is 132 Å². The minimum absolute atomic E-state index is 0.0562. The number of hydrazine groups is 1. The second-order valence-electron chi connectivity index (χ2n) is 5.89. The van der Waals surface area contributed by atoms with Crippen LogP contribution in [-0.4, -0.2) is 33.2 Å². The number of thiophene rings is 1. The zero-order valence-corrected chi connectivity index (χ0v) is 22.1. The molecule has 0 radical (unpaired) electrons. The summed E-state index contributed by atoms with van der Waals surface area (Å²) in [5, 5.41) is 6.18. The third-order valence-corrected chi connectivity index (χ3v) is 6.58. The summed E-state index contributed by atoms with van der Waals surface area (Å²) in [6, 6.07) is 14.5. The molecule has 11 heteroatoms. The van der Waals surface area contributed by atoms with E-state index in [9.17, 15) is 4.79 Å². The molecule has 1 saturated heterocycles. The first kappa shape index (κ1) is 34.5. The molecule has 178 valence electrons. The summed E-state index contributed by atoms with van der Waals surface area (Å²) in [5.74, 6) is 0.162. The molecule has 0 unspecified atom stereocenters. The Morgan fingerprint density at radius 2 is 1.57 bits per heavy atom. The molecular weight excluding hydrogens is 644 g/mol. The first-order chi connectivity index (χ1) is 17.2. The summed E-state index contributed by atoms with van der Waals surface area (Å²) < 4.78 is 44.4. The number of amides is 1. The fraction of sp³-hybridized carbons (Fsp3) is 0.208. The number of rotatable bonds is 5. The normalized spacial score (nSPS) is 14.9. The van der Waals surface area contributed by atoms with Crippen LogP contribution in [0.2, 0.25) is 0 Å². The van der Waals surface area contributed by atoms with Gasteiger partial charge in [-0.2, -0.15) is 0 Å². The van der Waals surface area contributed by atoms with Gasteiger partial charge in [-0.3, -0.25) is 0 Å². The van der Waals surface area contributed by atoms with Crippen LogP contribution >= 0.6 is 11.3 Å². The average molecular weight is 662 g/mol. The molecule has 3 heterocycles. The maximum atomic E-state index is 12.7. The third-order valence-electron chi connectivity index (χ3n) is 4.44. The van der Waals surface area contributed by atoms with Gasteiger partial charge < -0.3 is 0 Å². The molecule has 9 nitrogen and oxygen atoms in total. The average Bonchev–Trinajstić information content (AvgIpc) is 3.68. The van der Waals surface area contributed by atoms with Gasteiger partial charge in [-0.15, -0.1) is 0 Å². The van der Waals surface area contributed by atoms with Gasteiger partial charge in [-0.1, -0.05) is 0 Å². The van der Waals surface area contributed by atoms with Crippen LogP contribution in [0, 0.1) is 33.3 Å². The molecule has 0 aliphatic carbocycles. The van der Waals surface area contributed by atoms with Crippen molar-refractivity contribution in [3.8, 4) is 0 Å². The molecule has 35 heavy (non-hydrogen) atoms. The van der Waals surface area contributed by atoms with Crippen LogP contribution in [0.25, 0.3) is 5.70 Å². The van der Waals surface area contributed by atoms with Gasteiger partial charge in [0.25, 0.3) is 0 Å². The molecule has 2 aliphatic rings. The number of ether oxygens (including phenoxy) is 1. The number of hydrogen-bond donors (Lipinski definition) is 0. The standard InChI is InChI=1S/C19H18N2O2S.5CO.W/c1-2-23-13-15-18(14-7-4-3-5-8-14)21-17(22)10-11-20(21)19(15)16-9-6-12-24-16;5*1-2;/h3-9,12,19H,2,10-11H2,1H3;;;;;;/t19-;;;;;;/m1....../s1. The molecule has 0 N–H and O–H groups in total. The van der Waals surface area contributed by atoms with E-state index in [1.165, 1.54) is 24.2 Å². The molecule has 1 aromatic carbocycles. The fourth-order valence-electron chi connectivity index (χ4n) is 3.48. The Bertz CT molecular complexity index is 1020. The van der Waals surface area contributed by atoms with Crippen molar-refractivity contribution in [2.75, 3.05) is 13.2 Å². The number of benzene rings is 1. The molecule has 0 saturated carbocycles. The van der Waals surface area contributed by atoms with Crippen molar-refractivity contribution in [3.63, 3.8) is 0 Å². The quantitative estimate of drug-likeness (QED) is 0.360. The Kier molecular flexibility index (Phi) is 20.4. The van der Waals surface area contributed by atoms with Crippen molar-refractivity contribution in [1.29, 1.82) is 0 Å². The molecule has 4 rings (SSSR count). The molecule has 2 aliphatic heterocycles. The van der Waals surface area contributed by atoms with Gasteiger partial charge >= 0.3 is 219 Å². The number of fused-ring (bicyclic) bond motifs is 1. The van der Waals surface area contributed by atoms with E-state index >= 15 is 0 Å². The Labute approximate surface area is 218 Å². The van der Waals surface area contributed by atoms with Crippen molar-refractivity contribution in [2.45, 2.75) is 19.4 Å². The first-order valence-corrected chi connectivity index (χ1v) is 11.7. The molecule has 0 spiro atoms. The predicted octanol–water partition coefficient (Wildman–Crippen LogP) is 3.19. The van der Waals surface area contributed by atoms with Gasteiger partial charge in [0.1, 0.15) is 0 Å². The van der Waals surface area contributed by atoms with Gasteiger partial charge in [0, 0.05) is 0 Å². The summed E-state index contributed by atoms with van der Waals surface area (Å²) in [6.07, 6.45) is 0.562. The monoisotopic (exact) mass is 662 g/mol. The number of carbonyl (C=O) groups excluding carboxylic acids is 1. The summed E-state index contributed by atoms with van der Waals surface area (Å²) in [4.78, 5) is 13.9. The predicted molar refractivity (Wildman–Crippen MR) is 115 cm³/mol. The van der Waals surface area contributed by atoms with Crippen molar-refractivity contribution >= 4 is 27.0 Å². The molecule has 0 bridgehead atoms. The van der Waals surface area contributed by atoms with Crippen molar-refractivity contribution < 1.29 is 52.1 Å². The van der Waals surface area contributed by atoms with Crippen LogP contribution in [0.5, 0.6) is 0 Å². The van der Waals surface area contributed by atoms with Crippen molar-refractivity contribution in [3.05, 3.63) is 97.1 Å². The van der Waals surface area contributed by atoms with E-state index in [1.54, 1.807) is 11.3 Å². The summed E-state index contributed by atoms with van der Waals surface area (Å²) in [5.41, 5.74) is 3.19. The van der Waals surface area contributed by atoms with E-state index in [4.69, 9.17) is 28.0 Å². The summed E-state index contributed by atoms with van der Waals surface area (Å²) in [7, 11) is 0. The second-order valence-corrected chi connectivity index (χ2v) is 8.20. The van der Waals surface area contributed by atoms with E-state index < -0.39 is 0 Å². The third kappa shape index (κ3) is 8.48. The Morgan fingerprint density at radius 1 is 1.00 bits per heavy atom. The van der Waals surface area contributed by atoms with Crippen LogP contribution in [0.15, 0.2) is 53.4 Å². The molecular formula is C24H18N2O7SW. The first-order valence-electron chi connectivity index (χ1n) is 9.34. The second kappa shape index (κ2) is 20.7. The van der Waals surface area contributed by atoms with Gasteiger partial charge in [0.15, 0.2) is 0 Å². The zero-order chi connectivity index (χ0) is 27.4. The molecule has 1 fully saturated rings. The van der Waals surface area contributed by atoms with E-state index in [1.807, 2.05) is 30.1 Å². The zero-order valence-electron chi connectivity index (χ0n) is 18.4. The van der Waals surface area contributed by atoms with Crippen LogP contribution in [0.4, 0.5) is 0 Å². The number of hydrogen-bond acceptors (Lipinski definition) is 4. The fourth-order valence-corrected chi connectivity index (χ4v) is 5.49. The summed E-state index contributed by atoms with van der Waals surface area (Å²) >= 11 is 3.02. The summed E-state index contributed by atoms with van der Waals surface area (Å²) in [6.45, 7) is 25.9. The molecule has 1 aromatic heterocycles. The Morgan fingerprint density at radius 3 is 2.06 bits per heavy atom. The van der Waals surface area contributed by atoms with Crippen molar-refractivity contribution in [2.24, 2.45) is 0 Å². The van der Waals surface area contributed by atoms with Gasteiger partial charge in [-0.05, 0) is 0 Å². The Balaban J connectivity index is 0. The minimum atomic E-state index is 0.0562. The van der Waals surface area contributed by atoms with E-state index in [0.717, 1.165) is 27.5 Å². The number of carbonyl (C=O) groups is 1. The maximum absolute atomic E-state index is 12.7. The van der Waals surface area contributed by atoms with Crippen LogP contribution in [-0.2, 0) is 52.1 Å². The van der Waals surface area contributed by atoms with Crippen LogP contribution in [0.1, 0.15) is 29.8 Å². The van der Waals surface area contributed by atoms with Gasteiger partial charge in [0.2, 0.25) is 0 Å². The van der Waals surface area contributed by atoms with Gasteiger partial charge in [-0.25, -0.2) is 0 Å². The molecule has 2 aromatic rings. The Hall–Kier alpha value is -2.69. The molecule has 1 atom stereocenters. The van der Waals surface area contributed by atoms with Crippen LogP contribution in [0.3, 0.4) is 0 Å². The van der Waals surface area contributed by atoms with E-state index in [2.05, 4.69) is 67.9 Å². The number of nitrogens with zero attached hydrogens (tertiary/aromatic N) is 2. The van der Waals surface area contributed by atoms with Crippen LogP contribution < -0.4 is 0 Å².